The molecule has 3 nitrogen and oxygen atoms in total. The lowest BCUT2D eigenvalue weighted by molar-refractivity contribution is 0.493. The number of hydrazone groups is 1. The Hall–Kier alpha value is -0.390. The van der Waals surface area contributed by atoms with Crippen molar-refractivity contribution in [2.24, 2.45) is 10.1 Å². The minimum absolute atomic E-state index is 0.529. The zero-order chi connectivity index (χ0) is 9.68. The van der Waals surface area contributed by atoms with E-state index >= 15 is 0 Å². The monoisotopic (exact) mass is 291 g/mol. The van der Waals surface area contributed by atoms with E-state index in [4.69, 9.17) is 0 Å². The molecule has 0 aromatic carbocycles. The standard InChI is InChI=1S/C9H14IN3/c1-8(10)4-5-9(11-2)13-7-3-6-12-13/h4-6,8H,3,7H2,1-2H3/b5-4-,11-9?. The summed E-state index contributed by atoms with van der Waals surface area (Å²) in [5.74, 6) is 0.942. The molecule has 72 valence electrons. The highest BCUT2D eigenvalue weighted by atomic mass is 127. The second kappa shape index (κ2) is 5.36. The molecule has 0 saturated carbocycles. The van der Waals surface area contributed by atoms with Crippen LogP contribution >= 0.6 is 22.6 Å². The van der Waals surface area contributed by atoms with Crippen LogP contribution in [0.3, 0.4) is 0 Å². The third kappa shape index (κ3) is 3.46. The SMILES string of the molecule is CN=C(/C=C\C(C)I)N1CCC=N1. The van der Waals surface area contributed by atoms with Crippen LogP contribution in [0.25, 0.3) is 0 Å². The Labute approximate surface area is 92.7 Å². The van der Waals surface area contributed by atoms with Crippen LogP contribution in [0.2, 0.25) is 0 Å². The number of hydrogen-bond donors (Lipinski definition) is 0. The minimum Gasteiger partial charge on any atom is -0.270 e. The predicted octanol–water partition coefficient (Wildman–Crippen LogP) is 2.09. The molecule has 0 aromatic rings. The molecule has 0 aliphatic carbocycles. The first-order chi connectivity index (χ1) is 6.24. The van der Waals surface area contributed by atoms with E-state index in [0.717, 1.165) is 18.8 Å². The van der Waals surface area contributed by atoms with E-state index < -0.39 is 0 Å². The first-order valence-corrected chi connectivity index (χ1v) is 5.57. The molecule has 1 rings (SSSR count). The Bertz CT molecular complexity index is 243. The van der Waals surface area contributed by atoms with Crippen LogP contribution < -0.4 is 0 Å². The molecule has 13 heavy (non-hydrogen) atoms. The third-order valence-electron chi connectivity index (χ3n) is 1.70. The molecule has 1 aliphatic heterocycles. The Morgan fingerprint density at radius 1 is 1.77 bits per heavy atom. The lowest BCUT2D eigenvalue weighted by atomic mass is 10.4. The van der Waals surface area contributed by atoms with Crippen LogP contribution in [-0.2, 0) is 0 Å². The summed E-state index contributed by atoms with van der Waals surface area (Å²) < 4.78 is 0.529. The van der Waals surface area contributed by atoms with Gasteiger partial charge in [-0.25, -0.2) is 5.01 Å². The van der Waals surface area contributed by atoms with Gasteiger partial charge in [0.2, 0.25) is 0 Å². The average molecular weight is 291 g/mol. The molecule has 1 heterocycles. The van der Waals surface area contributed by atoms with Crippen molar-refractivity contribution in [3.05, 3.63) is 12.2 Å². The zero-order valence-corrected chi connectivity index (χ0v) is 10.1. The maximum atomic E-state index is 4.21. The van der Waals surface area contributed by atoms with Gasteiger partial charge < -0.3 is 0 Å². The van der Waals surface area contributed by atoms with Gasteiger partial charge in [0.05, 0.1) is 0 Å². The zero-order valence-electron chi connectivity index (χ0n) is 7.94. The van der Waals surface area contributed by atoms with E-state index in [0.29, 0.717) is 3.92 Å². The fourth-order valence-electron chi connectivity index (χ4n) is 1.06. The van der Waals surface area contributed by atoms with E-state index in [1.54, 1.807) is 7.05 Å². The van der Waals surface area contributed by atoms with E-state index in [-0.39, 0.29) is 0 Å². The fourth-order valence-corrected chi connectivity index (χ4v) is 1.27. The van der Waals surface area contributed by atoms with Crippen molar-refractivity contribution in [2.75, 3.05) is 13.6 Å². The largest absolute Gasteiger partial charge is 0.270 e. The Kier molecular flexibility index (Phi) is 4.41. The molecule has 0 N–H and O–H groups in total. The molecule has 0 bridgehead atoms. The Morgan fingerprint density at radius 3 is 3.00 bits per heavy atom. The second-order valence-electron chi connectivity index (χ2n) is 2.83. The molecule has 0 amide bonds. The summed E-state index contributed by atoms with van der Waals surface area (Å²) in [6.07, 6.45) is 7.09. The van der Waals surface area contributed by atoms with Crippen LogP contribution in [0.4, 0.5) is 0 Å². The molecule has 0 radical (unpaired) electrons. The maximum absolute atomic E-state index is 4.21. The van der Waals surface area contributed by atoms with E-state index in [1.165, 1.54) is 0 Å². The van der Waals surface area contributed by atoms with Gasteiger partial charge in [-0.2, -0.15) is 5.10 Å². The van der Waals surface area contributed by atoms with Gasteiger partial charge in [0, 0.05) is 30.2 Å². The minimum atomic E-state index is 0.529. The number of nitrogens with zero attached hydrogens (tertiary/aromatic N) is 3. The molecule has 1 atom stereocenters. The quantitative estimate of drug-likeness (QED) is 0.331. The fraction of sp³-hybridized carbons (Fsp3) is 0.556. The van der Waals surface area contributed by atoms with Crippen molar-refractivity contribution in [3.8, 4) is 0 Å². The molecular weight excluding hydrogens is 277 g/mol. The molecule has 1 aliphatic rings. The van der Waals surface area contributed by atoms with Crippen LogP contribution in [0.5, 0.6) is 0 Å². The molecule has 0 saturated heterocycles. The number of amidine groups is 1. The summed E-state index contributed by atoms with van der Waals surface area (Å²) in [5.41, 5.74) is 0. The van der Waals surface area contributed by atoms with E-state index in [1.807, 2.05) is 17.3 Å². The number of hydrogen-bond acceptors (Lipinski definition) is 2. The number of aliphatic imine (C=N–C) groups is 1. The number of halogens is 1. The lowest BCUT2D eigenvalue weighted by Gasteiger charge is -2.12. The third-order valence-corrected chi connectivity index (χ3v) is 2.11. The van der Waals surface area contributed by atoms with Crippen LogP contribution in [0, 0.1) is 0 Å². The highest BCUT2D eigenvalue weighted by Gasteiger charge is 2.09. The van der Waals surface area contributed by atoms with Crippen molar-refractivity contribution in [1.29, 1.82) is 0 Å². The summed E-state index contributed by atoms with van der Waals surface area (Å²) in [6.45, 7) is 3.09. The van der Waals surface area contributed by atoms with Crippen molar-refractivity contribution in [3.63, 3.8) is 0 Å². The summed E-state index contributed by atoms with van der Waals surface area (Å²) in [4.78, 5) is 4.18. The normalized spacial score (nSPS) is 20.2. The van der Waals surface area contributed by atoms with E-state index in [2.05, 4.69) is 45.7 Å². The van der Waals surface area contributed by atoms with Crippen molar-refractivity contribution < 1.29 is 0 Å². The predicted molar refractivity (Wildman–Crippen MR) is 65.8 cm³/mol. The first kappa shape index (κ1) is 10.7. The number of alkyl halides is 1. The van der Waals surface area contributed by atoms with Gasteiger partial charge in [0.1, 0.15) is 5.84 Å². The van der Waals surface area contributed by atoms with Crippen molar-refractivity contribution in [2.45, 2.75) is 17.3 Å². The smallest absolute Gasteiger partial charge is 0.143 e. The molecule has 4 heteroatoms. The van der Waals surface area contributed by atoms with E-state index in [9.17, 15) is 0 Å². The second-order valence-corrected chi connectivity index (χ2v) is 4.79. The van der Waals surface area contributed by atoms with Gasteiger partial charge in [-0.3, -0.25) is 4.99 Å². The van der Waals surface area contributed by atoms with Crippen molar-refractivity contribution >= 4 is 34.6 Å². The van der Waals surface area contributed by atoms with Crippen LogP contribution in [0.15, 0.2) is 22.2 Å². The van der Waals surface area contributed by atoms with Gasteiger partial charge >= 0.3 is 0 Å². The molecule has 0 fully saturated rings. The summed E-state index contributed by atoms with van der Waals surface area (Å²) in [5, 5.41) is 6.13. The van der Waals surface area contributed by atoms with Gasteiger partial charge in [0.25, 0.3) is 0 Å². The van der Waals surface area contributed by atoms with Gasteiger partial charge in [-0.15, -0.1) is 0 Å². The summed E-state index contributed by atoms with van der Waals surface area (Å²) in [6, 6.07) is 0. The summed E-state index contributed by atoms with van der Waals surface area (Å²) in [7, 11) is 1.80. The van der Waals surface area contributed by atoms with Gasteiger partial charge in [-0.1, -0.05) is 28.7 Å². The van der Waals surface area contributed by atoms with Gasteiger partial charge in [0.15, 0.2) is 0 Å². The Balaban J connectivity index is 2.58. The summed E-state index contributed by atoms with van der Waals surface area (Å²) >= 11 is 2.36. The lowest BCUT2D eigenvalue weighted by Crippen LogP contribution is -2.21. The van der Waals surface area contributed by atoms with Crippen LogP contribution in [0.1, 0.15) is 13.3 Å². The Morgan fingerprint density at radius 2 is 2.54 bits per heavy atom. The van der Waals surface area contributed by atoms with Crippen molar-refractivity contribution in [1.82, 2.24) is 5.01 Å². The maximum Gasteiger partial charge on any atom is 0.143 e. The number of allylic oxidation sites excluding steroid dienone is 1. The molecule has 1 unspecified atom stereocenters. The topological polar surface area (TPSA) is 28.0 Å². The number of rotatable bonds is 2. The highest BCUT2D eigenvalue weighted by molar-refractivity contribution is 14.1. The average Bonchev–Trinajstić information content (AvgIpc) is 2.58. The van der Waals surface area contributed by atoms with Crippen LogP contribution in [-0.4, -0.2) is 34.6 Å². The molecule has 0 aromatic heterocycles. The van der Waals surface area contributed by atoms with Gasteiger partial charge in [-0.05, 0) is 13.0 Å². The first-order valence-electron chi connectivity index (χ1n) is 4.33. The molecular formula is C9H14IN3. The highest BCUT2D eigenvalue weighted by Crippen LogP contribution is 2.05. The molecule has 0 spiro atoms.